The molecule has 0 atom stereocenters. The number of rotatable bonds is 3. The van der Waals surface area contributed by atoms with Gasteiger partial charge in [0.2, 0.25) is 0 Å². The number of aromatic nitrogens is 1. The highest BCUT2D eigenvalue weighted by atomic mass is 19.3. The van der Waals surface area contributed by atoms with Crippen molar-refractivity contribution >= 4 is 0 Å². The van der Waals surface area contributed by atoms with E-state index in [-0.39, 0.29) is 5.41 Å². The number of alkyl halides is 2. The second-order valence-electron chi connectivity index (χ2n) is 5.39. The van der Waals surface area contributed by atoms with E-state index in [1.165, 1.54) is 0 Å². The molecule has 0 bridgehead atoms. The molecule has 0 aliphatic carbocycles. The zero-order valence-corrected chi connectivity index (χ0v) is 11.0. The Morgan fingerprint density at radius 2 is 1.82 bits per heavy atom. The fraction of sp³-hybridized carbons (Fsp3) is 0.615. The Morgan fingerprint density at radius 1 is 1.24 bits per heavy atom. The normalized spacial score (nSPS) is 12.6. The molecule has 0 N–H and O–H groups in total. The van der Waals surface area contributed by atoms with Gasteiger partial charge >= 0.3 is 0 Å². The second-order valence-corrected chi connectivity index (χ2v) is 5.39. The van der Waals surface area contributed by atoms with Crippen LogP contribution in [-0.4, -0.2) is 17.5 Å². The topological polar surface area (TPSA) is 22.1 Å². The van der Waals surface area contributed by atoms with Gasteiger partial charge in [0.25, 0.3) is 5.92 Å². The molecule has 1 heterocycles. The Hall–Kier alpha value is -1.19. The van der Waals surface area contributed by atoms with Crippen LogP contribution < -0.4 is 4.74 Å². The van der Waals surface area contributed by atoms with Gasteiger partial charge in [-0.25, -0.2) is 8.78 Å². The Labute approximate surface area is 101 Å². The van der Waals surface area contributed by atoms with Crippen LogP contribution in [0, 0.1) is 6.92 Å². The number of hydrogen-bond donors (Lipinski definition) is 0. The van der Waals surface area contributed by atoms with Crippen LogP contribution in [0.1, 0.15) is 39.0 Å². The molecular formula is C13H19F2NO. The van der Waals surface area contributed by atoms with Gasteiger partial charge in [-0.3, -0.25) is 4.98 Å². The largest absolute Gasteiger partial charge is 0.487 e. The summed E-state index contributed by atoms with van der Waals surface area (Å²) in [5.41, 5.74) is 1.57. The van der Waals surface area contributed by atoms with Crippen molar-refractivity contribution in [3.8, 4) is 5.75 Å². The second kappa shape index (κ2) is 4.59. The molecule has 1 rings (SSSR count). The predicted molar refractivity (Wildman–Crippen MR) is 63.8 cm³/mol. The standard InChI is InChI=1S/C13H19F2NO/c1-9-10(17-8-13(5,14)15)6-7-16-11(9)12(2,3)4/h6-7H,8H2,1-5H3. The van der Waals surface area contributed by atoms with Crippen LogP contribution >= 0.6 is 0 Å². The molecule has 0 fully saturated rings. The van der Waals surface area contributed by atoms with Gasteiger partial charge < -0.3 is 4.74 Å². The molecule has 0 unspecified atom stereocenters. The zero-order chi connectivity index (χ0) is 13.3. The predicted octanol–water partition coefficient (Wildman–Crippen LogP) is 3.72. The molecule has 1 aromatic heterocycles. The van der Waals surface area contributed by atoms with Crippen molar-refractivity contribution in [2.75, 3.05) is 6.61 Å². The van der Waals surface area contributed by atoms with E-state index in [4.69, 9.17) is 4.74 Å². The van der Waals surface area contributed by atoms with Crippen molar-refractivity contribution < 1.29 is 13.5 Å². The number of ether oxygens (including phenoxy) is 1. The first-order valence-electron chi connectivity index (χ1n) is 5.58. The Balaban J connectivity index is 2.96. The molecule has 17 heavy (non-hydrogen) atoms. The Morgan fingerprint density at radius 3 is 2.29 bits per heavy atom. The fourth-order valence-corrected chi connectivity index (χ4v) is 1.64. The zero-order valence-electron chi connectivity index (χ0n) is 11.0. The third-order valence-electron chi connectivity index (χ3n) is 2.35. The van der Waals surface area contributed by atoms with E-state index >= 15 is 0 Å². The van der Waals surface area contributed by atoms with Gasteiger partial charge in [0, 0.05) is 24.1 Å². The van der Waals surface area contributed by atoms with E-state index < -0.39 is 12.5 Å². The van der Waals surface area contributed by atoms with Crippen molar-refractivity contribution in [1.29, 1.82) is 0 Å². The Bertz CT molecular complexity index is 391. The average Bonchev–Trinajstić information content (AvgIpc) is 2.13. The van der Waals surface area contributed by atoms with Gasteiger partial charge in [0.1, 0.15) is 5.75 Å². The molecule has 0 aliphatic heterocycles. The van der Waals surface area contributed by atoms with Crippen LogP contribution in [0.3, 0.4) is 0 Å². The number of pyridine rings is 1. The minimum Gasteiger partial charge on any atom is -0.487 e. The van der Waals surface area contributed by atoms with Gasteiger partial charge in [-0.2, -0.15) is 0 Å². The summed E-state index contributed by atoms with van der Waals surface area (Å²) in [6.07, 6.45) is 1.59. The maximum atomic E-state index is 12.7. The minimum absolute atomic E-state index is 0.127. The smallest absolute Gasteiger partial charge is 0.278 e. The van der Waals surface area contributed by atoms with Crippen LogP contribution in [0.2, 0.25) is 0 Å². The summed E-state index contributed by atoms with van der Waals surface area (Å²) >= 11 is 0. The molecule has 0 aromatic carbocycles. The SMILES string of the molecule is Cc1c(OCC(C)(F)F)ccnc1C(C)(C)C. The molecule has 0 amide bonds. The first-order valence-corrected chi connectivity index (χ1v) is 5.58. The lowest BCUT2D eigenvalue weighted by molar-refractivity contribution is -0.0231. The Kier molecular flexibility index (Phi) is 3.74. The van der Waals surface area contributed by atoms with Crippen molar-refractivity contribution in [2.24, 2.45) is 0 Å². The number of nitrogens with zero attached hydrogens (tertiary/aromatic N) is 1. The molecule has 2 nitrogen and oxygen atoms in total. The third kappa shape index (κ3) is 3.95. The summed E-state index contributed by atoms with van der Waals surface area (Å²) in [6, 6.07) is 1.62. The monoisotopic (exact) mass is 243 g/mol. The highest BCUT2D eigenvalue weighted by Gasteiger charge is 2.24. The lowest BCUT2D eigenvalue weighted by atomic mass is 9.88. The first-order chi connectivity index (χ1) is 7.61. The quantitative estimate of drug-likeness (QED) is 0.807. The lowest BCUT2D eigenvalue weighted by Crippen LogP contribution is -2.22. The molecule has 0 saturated heterocycles. The van der Waals surface area contributed by atoms with Gasteiger partial charge in [0.15, 0.2) is 6.61 Å². The summed E-state index contributed by atoms with van der Waals surface area (Å²) in [5, 5.41) is 0. The van der Waals surface area contributed by atoms with Crippen LogP contribution in [0.15, 0.2) is 12.3 Å². The summed E-state index contributed by atoms with van der Waals surface area (Å²) < 4.78 is 30.6. The van der Waals surface area contributed by atoms with Crippen molar-refractivity contribution in [3.63, 3.8) is 0 Å². The molecule has 0 spiro atoms. The summed E-state index contributed by atoms with van der Waals surface area (Å²) in [6.45, 7) is 8.16. The van der Waals surface area contributed by atoms with E-state index in [0.29, 0.717) is 5.75 Å². The third-order valence-corrected chi connectivity index (χ3v) is 2.35. The molecule has 0 aliphatic rings. The first kappa shape index (κ1) is 13.9. The molecule has 96 valence electrons. The summed E-state index contributed by atoms with van der Waals surface area (Å²) in [5.74, 6) is -2.34. The van der Waals surface area contributed by atoms with Crippen molar-refractivity contribution in [3.05, 3.63) is 23.5 Å². The van der Waals surface area contributed by atoms with Crippen LogP contribution in [0.4, 0.5) is 8.78 Å². The fourth-order valence-electron chi connectivity index (χ4n) is 1.64. The van der Waals surface area contributed by atoms with Crippen LogP contribution in [0.5, 0.6) is 5.75 Å². The van der Waals surface area contributed by atoms with Gasteiger partial charge in [-0.15, -0.1) is 0 Å². The van der Waals surface area contributed by atoms with Crippen molar-refractivity contribution in [1.82, 2.24) is 4.98 Å². The maximum Gasteiger partial charge on any atom is 0.278 e. The van der Waals surface area contributed by atoms with E-state index in [9.17, 15) is 8.78 Å². The summed E-state index contributed by atoms with van der Waals surface area (Å²) in [7, 11) is 0. The van der Waals surface area contributed by atoms with Crippen LogP contribution in [0.25, 0.3) is 0 Å². The van der Waals surface area contributed by atoms with E-state index in [0.717, 1.165) is 18.2 Å². The molecule has 1 aromatic rings. The number of halogens is 2. The molecular weight excluding hydrogens is 224 g/mol. The van der Waals surface area contributed by atoms with Gasteiger partial charge in [-0.1, -0.05) is 20.8 Å². The van der Waals surface area contributed by atoms with Crippen LogP contribution in [-0.2, 0) is 5.41 Å². The van der Waals surface area contributed by atoms with E-state index in [2.05, 4.69) is 4.98 Å². The van der Waals surface area contributed by atoms with Crippen molar-refractivity contribution in [2.45, 2.75) is 46.0 Å². The molecule has 4 heteroatoms. The minimum atomic E-state index is -2.82. The summed E-state index contributed by atoms with van der Waals surface area (Å²) in [4.78, 5) is 4.29. The molecule has 0 saturated carbocycles. The highest BCUT2D eigenvalue weighted by Crippen LogP contribution is 2.29. The van der Waals surface area contributed by atoms with E-state index in [1.807, 2.05) is 27.7 Å². The average molecular weight is 243 g/mol. The van der Waals surface area contributed by atoms with Gasteiger partial charge in [-0.05, 0) is 13.0 Å². The highest BCUT2D eigenvalue weighted by molar-refractivity contribution is 5.37. The van der Waals surface area contributed by atoms with E-state index in [1.54, 1.807) is 12.3 Å². The molecule has 0 radical (unpaired) electrons. The number of hydrogen-bond acceptors (Lipinski definition) is 2. The lowest BCUT2D eigenvalue weighted by Gasteiger charge is -2.22. The maximum absolute atomic E-state index is 12.7. The van der Waals surface area contributed by atoms with Gasteiger partial charge in [0.05, 0.1) is 5.69 Å².